The molecule has 0 radical (unpaired) electrons. The van der Waals surface area contributed by atoms with Crippen LogP contribution in [0.3, 0.4) is 0 Å². The van der Waals surface area contributed by atoms with Gasteiger partial charge in [-0.25, -0.2) is 22.7 Å². The molecule has 0 aliphatic rings. The van der Waals surface area contributed by atoms with Crippen LogP contribution in [0.15, 0.2) is 29.2 Å². The van der Waals surface area contributed by atoms with Crippen LogP contribution in [0, 0.1) is 0 Å². The second-order valence-corrected chi connectivity index (χ2v) is 8.54. The van der Waals surface area contributed by atoms with Gasteiger partial charge in [-0.2, -0.15) is 0 Å². The highest BCUT2D eigenvalue weighted by atomic mass is 32.2. The van der Waals surface area contributed by atoms with Crippen LogP contribution in [-0.2, 0) is 19.6 Å². The summed E-state index contributed by atoms with van der Waals surface area (Å²) in [7, 11) is -3.73. The summed E-state index contributed by atoms with van der Waals surface area (Å²) in [5.74, 6) is -1.69. The maximum atomic E-state index is 12.2. The number of nitrogens with one attached hydrogen (secondary N) is 3. The maximum absolute atomic E-state index is 12.2. The van der Waals surface area contributed by atoms with Crippen LogP contribution >= 0.6 is 0 Å². The second kappa shape index (κ2) is 8.96. The molecule has 1 aromatic carbocycles. The van der Waals surface area contributed by atoms with E-state index in [0.29, 0.717) is 0 Å². The lowest BCUT2D eigenvalue weighted by molar-refractivity contribution is -0.127. The van der Waals surface area contributed by atoms with Gasteiger partial charge in [0, 0.05) is 12.1 Å². The van der Waals surface area contributed by atoms with Gasteiger partial charge in [-0.15, -0.1) is 0 Å². The Kier molecular flexibility index (Phi) is 7.49. The number of amides is 3. The van der Waals surface area contributed by atoms with Gasteiger partial charge >= 0.3 is 12.0 Å². The van der Waals surface area contributed by atoms with Crippen LogP contribution in [-0.4, -0.2) is 44.5 Å². The van der Waals surface area contributed by atoms with Crippen molar-refractivity contribution in [3.05, 3.63) is 29.8 Å². The summed E-state index contributed by atoms with van der Waals surface area (Å²) in [5.41, 5.74) is -0.573. The topological polar surface area (TPSA) is 131 Å². The third-order valence-electron chi connectivity index (χ3n) is 3.09. The Morgan fingerprint density at radius 3 is 2.37 bits per heavy atom. The number of urea groups is 1. The van der Waals surface area contributed by atoms with E-state index < -0.39 is 39.6 Å². The Bertz CT molecular complexity index is 814. The predicted octanol–water partition coefficient (Wildman–Crippen LogP) is 1.15. The Labute approximate surface area is 158 Å². The molecule has 0 bridgehead atoms. The zero-order valence-electron chi connectivity index (χ0n) is 16.0. The van der Waals surface area contributed by atoms with E-state index in [4.69, 9.17) is 4.74 Å². The lowest BCUT2D eigenvalue weighted by Crippen LogP contribution is -2.50. The van der Waals surface area contributed by atoms with Gasteiger partial charge in [0.2, 0.25) is 10.0 Å². The molecule has 0 aromatic heterocycles. The molecule has 0 fully saturated rings. The number of hydrogen-bond donors (Lipinski definition) is 3. The van der Waals surface area contributed by atoms with Gasteiger partial charge in [0.1, 0.15) is 0 Å². The lowest BCUT2D eigenvalue weighted by atomic mass is 10.1. The number of hydrogen-bond acceptors (Lipinski definition) is 6. The SMILES string of the molecule is CCNS(=O)(=O)c1cccc(C(=O)OC(C)C(=O)NC(=O)NC(C)(C)C)c1. The van der Waals surface area contributed by atoms with Crippen molar-refractivity contribution >= 4 is 27.9 Å². The number of esters is 1. The largest absolute Gasteiger partial charge is 0.449 e. The zero-order chi connectivity index (χ0) is 20.8. The molecular formula is C17H25N3O6S. The standard InChI is InChI=1S/C17H25N3O6S/c1-6-18-27(24,25)13-9-7-8-12(10-13)15(22)26-11(2)14(21)19-16(23)20-17(3,4)5/h7-11,18H,6H2,1-5H3,(H2,19,20,21,23). The van der Waals surface area contributed by atoms with E-state index >= 15 is 0 Å². The van der Waals surface area contributed by atoms with Crippen molar-refractivity contribution in [1.82, 2.24) is 15.4 Å². The first kappa shape index (κ1) is 22.6. The van der Waals surface area contributed by atoms with Crippen molar-refractivity contribution < 1.29 is 27.5 Å². The first-order chi connectivity index (χ1) is 12.4. The summed E-state index contributed by atoms with van der Waals surface area (Å²) >= 11 is 0. The fourth-order valence-electron chi connectivity index (χ4n) is 1.93. The molecule has 150 valence electrons. The molecule has 0 aliphatic carbocycles. The van der Waals surface area contributed by atoms with E-state index in [0.717, 1.165) is 6.07 Å². The molecule has 1 unspecified atom stereocenters. The third kappa shape index (κ3) is 7.35. The van der Waals surface area contributed by atoms with Crippen LogP contribution in [0.2, 0.25) is 0 Å². The molecule has 3 amide bonds. The fourth-order valence-corrected chi connectivity index (χ4v) is 3.02. The molecule has 3 N–H and O–H groups in total. The Morgan fingerprint density at radius 2 is 1.81 bits per heavy atom. The summed E-state index contributed by atoms with van der Waals surface area (Å²) in [6.07, 6.45) is -1.25. The molecule has 0 aliphatic heterocycles. The van der Waals surface area contributed by atoms with Gasteiger partial charge in [0.25, 0.3) is 5.91 Å². The molecule has 0 saturated carbocycles. The molecule has 27 heavy (non-hydrogen) atoms. The van der Waals surface area contributed by atoms with E-state index in [9.17, 15) is 22.8 Å². The van der Waals surface area contributed by atoms with Gasteiger partial charge in [-0.3, -0.25) is 10.1 Å². The predicted molar refractivity (Wildman–Crippen MR) is 98.6 cm³/mol. The number of benzene rings is 1. The molecule has 0 saturated heterocycles. The van der Waals surface area contributed by atoms with Crippen LogP contribution < -0.4 is 15.4 Å². The smallest absolute Gasteiger partial charge is 0.338 e. The molecule has 1 aromatic rings. The van der Waals surface area contributed by atoms with Crippen LogP contribution in [0.1, 0.15) is 45.0 Å². The van der Waals surface area contributed by atoms with Gasteiger partial charge in [0.05, 0.1) is 10.5 Å². The number of rotatable bonds is 6. The van der Waals surface area contributed by atoms with Crippen molar-refractivity contribution in [2.75, 3.05) is 6.54 Å². The minimum absolute atomic E-state index is 0.0345. The molecule has 0 heterocycles. The Balaban J connectivity index is 2.78. The highest BCUT2D eigenvalue weighted by Crippen LogP contribution is 2.13. The van der Waals surface area contributed by atoms with E-state index in [1.165, 1.54) is 25.1 Å². The second-order valence-electron chi connectivity index (χ2n) is 6.77. The molecule has 0 spiro atoms. The van der Waals surface area contributed by atoms with E-state index in [-0.39, 0.29) is 17.0 Å². The molecular weight excluding hydrogens is 374 g/mol. The van der Waals surface area contributed by atoms with E-state index in [2.05, 4.69) is 15.4 Å². The monoisotopic (exact) mass is 399 g/mol. The van der Waals surface area contributed by atoms with Crippen molar-refractivity contribution in [1.29, 1.82) is 0 Å². The van der Waals surface area contributed by atoms with Gasteiger partial charge in [-0.1, -0.05) is 13.0 Å². The van der Waals surface area contributed by atoms with Gasteiger partial charge < -0.3 is 10.1 Å². The molecule has 9 nitrogen and oxygen atoms in total. The highest BCUT2D eigenvalue weighted by Gasteiger charge is 2.23. The number of carbonyl (C=O) groups is 3. The lowest BCUT2D eigenvalue weighted by Gasteiger charge is -2.21. The Hall–Kier alpha value is -2.46. The number of imide groups is 1. The summed E-state index contributed by atoms with van der Waals surface area (Å²) in [5, 5.41) is 4.61. The highest BCUT2D eigenvalue weighted by molar-refractivity contribution is 7.89. The minimum Gasteiger partial charge on any atom is -0.449 e. The zero-order valence-corrected chi connectivity index (χ0v) is 16.8. The summed E-state index contributed by atoms with van der Waals surface area (Å²) < 4.78 is 31.3. The minimum atomic E-state index is -3.73. The fraction of sp³-hybridized carbons (Fsp3) is 0.471. The van der Waals surface area contributed by atoms with Crippen molar-refractivity contribution in [2.24, 2.45) is 0 Å². The first-order valence-corrected chi connectivity index (χ1v) is 9.77. The van der Waals surface area contributed by atoms with E-state index in [1.807, 2.05) is 0 Å². The number of ether oxygens (including phenoxy) is 1. The molecule has 1 rings (SSSR count). The summed E-state index contributed by atoms with van der Waals surface area (Å²) in [6.45, 7) is 8.37. The summed E-state index contributed by atoms with van der Waals surface area (Å²) in [6, 6.07) is 4.53. The Morgan fingerprint density at radius 1 is 1.19 bits per heavy atom. The molecule has 1 atom stereocenters. The average molecular weight is 399 g/mol. The number of carbonyl (C=O) groups excluding carboxylic acids is 3. The van der Waals surface area contributed by atoms with Crippen molar-refractivity contribution in [3.8, 4) is 0 Å². The van der Waals surface area contributed by atoms with E-state index in [1.54, 1.807) is 27.7 Å². The normalized spacial score (nSPS) is 12.8. The van der Waals surface area contributed by atoms with Crippen LogP contribution in [0.4, 0.5) is 4.79 Å². The summed E-state index contributed by atoms with van der Waals surface area (Å²) in [4.78, 5) is 35.7. The van der Waals surface area contributed by atoms with Gasteiger partial charge in [-0.05, 0) is 45.9 Å². The van der Waals surface area contributed by atoms with Crippen molar-refractivity contribution in [2.45, 2.75) is 51.2 Å². The quantitative estimate of drug-likeness (QED) is 0.615. The van der Waals surface area contributed by atoms with Crippen molar-refractivity contribution in [3.63, 3.8) is 0 Å². The number of sulfonamides is 1. The first-order valence-electron chi connectivity index (χ1n) is 8.29. The van der Waals surface area contributed by atoms with Crippen LogP contribution in [0.25, 0.3) is 0 Å². The maximum Gasteiger partial charge on any atom is 0.338 e. The molecule has 10 heteroatoms. The van der Waals surface area contributed by atoms with Crippen LogP contribution in [0.5, 0.6) is 0 Å². The van der Waals surface area contributed by atoms with Gasteiger partial charge in [0.15, 0.2) is 6.10 Å². The third-order valence-corrected chi connectivity index (χ3v) is 4.64. The average Bonchev–Trinajstić information content (AvgIpc) is 2.52.